The van der Waals surface area contributed by atoms with Gasteiger partial charge < -0.3 is 0 Å². The molecule has 3 heteroatoms. The van der Waals surface area contributed by atoms with E-state index in [0.29, 0.717) is 0 Å². The molecular formula is C16H15N3. The largest absolute Gasteiger partial charge is 0.223 e. The summed E-state index contributed by atoms with van der Waals surface area (Å²) < 4.78 is 1.76. The Morgan fingerprint density at radius 3 is 2.16 bits per heavy atom. The highest BCUT2D eigenvalue weighted by Crippen LogP contribution is 2.27. The summed E-state index contributed by atoms with van der Waals surface area (Å²) in [5.74, 6) is 0. The number of aromatic nitrogens is 3. The third kappa shape index (κ3) is 2.15. The minimum Gasteiger partial charge on any atom is -0.223 e. The van der Waals surface area contributed by atoms with Gasteiger partial charge in [-0.1, -0.05) is 30.3 Å². The van der Waals surface area contributed by atoms with Crippen molar-refractivity contribution in [1.29, 1.82) is 0 Å². The van der Waals surface area contributed by atoms with Gasteiger partial charge in [-0.15, -0.1) is 0 Å². The first-order valence-electron chi connectivity index (χ1n) is 6.27. The highest BCUT2D eigenvalue weighted by Gasteiger charge is 2.05. The van der Waals surface area contributed by atoms with Gasteiger partial charge in [0.15, 0.2) is 0 Å². The zero-order valence-corrected chi connectivity index (χ0v) is 11.0. The number of hydrogen-bond donors (Lipinski definition) is 0. The first-order valence-corrected chi connectivity index (χ1v) is 6.27. The van der Waals surface area contributed by atoms with E-state index in [1.54, 1.807) is 17.3 Å². The number of aryl methyl sites for hydroxylation is 2. The first kappa shape index (κ1) is 11.7. The summed E-state index contributed by atoms with van der Waals surface area (Å²) >= 11 is 0. The highest BCUT2D eigenvalue weighted by atomic mass is 15.3. The molecule has 0 radical (unpaired) electrons. The summed E-state index contributed by atoms with van der Waals surface area (Å²) in [6.45, 7) is 4.29. The van der Waals surface area contributed by atoms with E-state index >= 15 is 0 Å². The van der Waals surface area contributed by atoms with Crippen LogP contribution in [-0.4, -0.2) is 14.8 Å². The Hall–Kier alpha value is -2.42. The number of rotatable bonds is 2. The van der Waals surface area contributed by atoms with Crippen LogP contribution in [0.5, 0.6) is 0 Å². The van der Waals surface area contributed by atoms with Gasteiger partial charge in [0.1, 0.15) is 12.7 Å². The Morgan fingerprint density at radius 1 is 0.895 bits per heavy atom. The van der Waals surface area contributed by atoms with Gasteiger partial charge in [-0.05, 0) is 48.2 Å². The summed E-state index contributed by atoms with van der Waals surface area (Å²) in [6.07, 6.45) is 3.24. The van der Waals surface area contributed by atoms with Crippen molar-refractivity contribution in [3.8, 4) is 16.8 Å². The van der Waals surface area contributed by atoms with Crippen LogP contribution >= 0.6 is 0 Å². The Kier molecular flexibility index (Phi) is 2.88. The number of hydrogen-bond acceptors (Lipinski definition) is 2. The lowest BCUT2D eigenvalue weighted by molar-refractivity contribution is 0.879. The lowest BCUT2D eigenvalue weighted by Crippen LogP contribution is -1.94. The average Bonchev–Trinajstić information content (AvgIpc) is 2.93. The molecule has 0 fully saturated rings. The molecule has 0 atom stereocenters. The van der Waals surface area contributed by atoms with Crippen LogP contribution in [0.15, 0.2) is 55.1 Å². The predicted molar refractivity (Wildman–Crippen MR) is 76.3 cm³/mol. The Balaban J connectivity index is 2.04. The topological polar surface area (TPSA) is 30.7 Å². The Bertz CT molecular complexity index is 662. The standard InChI is InChI=1S/C16H15N3/c1-12-4-3-5-13(2)16(12)14-6-8-15(9-7-14)19-11-17-10-18-19/h3-11H,1-2H3. The normalized spacial score (nSPS) is 10.6. The number of nitrogens with zero attached hydrogens (tertiary/aromatic N) is 3. The molecule has 0 amide bonds. The van der Waals surface area contributed by atoms with Crippen LogP contribution in [0.1, 0.15) is 11.1 Å². The minimum absolute atomic E-state index is 1.02. The van der Waals surface area contributed by atoms with Gasteiger partial charge in [-0.25, -0.2) is 9.67 Å². The van der Waals surface area contributed by atoms with E-state index in [4.69, 9.17) is 0 Å². The van der Waals surface area contributed by atoms with E-state index in [0.717, 1.165) is 5.69 Å². The molecular weight excluding hydrogens is 234 g/mol. The molecule has 3 aromatic rings. The van der Waals surface area contributed by atoms with Crippen LogP contribution in [0.2, 0.25) is 0 Å². The van der Waals surface area contributed by atoms with Crippen molar-refractivity contribution in [2.45, 2.75) is 13.8 Å². The van der Waals surface area contributed by atoms with Gasteiger partial charge in [0.05, 0.1) is 5.69 Å². The summed E-state index contributed by atoms with van der Waals surface area (Å²) in [6, 6.07) is 14.8. The SMILES string of the molecule is Cc1cccc(C)c1-c1ccc(-n2cncn2)cc1. The minimum atomic E-state index is 1.02. The smallest absolute Gasteiger partial charge is 0.138 e. The van der Waals surface area contributed by atoms with Gasteiger partial charge in [-0.3, -0.25) is 0 Å². The van der Waals surface area contributed by atoms with Gasteiger partial charge in [0.2, 0.25) is 0 Å². The molecule has 0 aliphatic rings. The maximum Gasteiger partial charge on any atom is 0.138 e. The second-order valence-electron chi connectivity index (χ2n) is 4.65. The van der Waals surface area contributed by atoms with E-state index < -0.39 is 0 Å². The average molecular weight is 249 g/mol. The van der Waals surface area contributed by atoms with Crippen LogP contribution in [-0.2, 0) is 0 Å². The summed E-state index contributed by atoms with van der Waals surface area (Å²) in [5, 5.41) is 4.13. The maximum absolute atomic E-state index is 4.13. The fraction of sp³-hybridized carbons (Fsp3) is 0.125. The molecule has 1 aromatic heterocycles. The molecule has 3 rings (SSSR count). The molecule has 94 valence electrons. The first-order chi connectivity index (χ1) is 9.25. The quantitative estimate of drug-likeness (QED) is 0.695. The zero-order chi connectivity index (χ0) is 13.2. The summed E-state index contributed by atoms with van der Waals surface area (Å²) in [4.78, 5) is 3.96. The third-order valence-corrected chi connectivity index (χ3v) is 3.32. The van der Waals surface area contributed by atoms with Gasteiger partial charge in [0, 0.05) is 0 Å². The highest BCUT2D eigenvalue weighted by molar-refractivity contribution is 5.71. The molecule has 0 saturated carbocycles. The Labute approximate surface area is 112 Å². The van der Waals surface area contributed by atoms with E-state index in [2.05, 4.69) is 66.4 Å². The van der Waals surface area contributed by atoms with E-state index in [-0.39, 0.29) is 0 Å². The lowest BCUT2D eigenvalue weighted by atomic mass is 9.96. The van der Waals surface area contributed by atoms with Crippen LogP contribution in [0, 0.1) is 13.8 Å². The summed E-state index contributed by atoms with van der Waals surface area (Å²) in [5.41, 5.74) is 6.17. The molecule has 3 nitrogen and oxygen atoms in total. The monoisotopic (exact) mass is 249 g/mol. The Morgan fingerprint density at radius 2 is 1.58 bits per heavy atom. The number of benzene rings is 2. The fourth-order valence-electron chi connectivity index (χ4n) is 2.39. The molecule has 0 unspecified atom stereocenters. The molecule has 0 aliphatic carbocycles. The third-order valence-electron chi connectivity index (χ3n) is 3.32. The molecule has 2 aromatic carbocycles. The van der Waals surface area contributed by atoms with Crippen LogP contribution in [0.4, 0.5) is 0 Å². The zero-order valence-electron chi connectivity index (χ0n) is 11.0. The molecule has 1 heterocycles. The van der Waals surface area contributed by atoms with Crippen molar-refractivity contribution in [2.24, 2.45) is 0 Å². The van der Waals surface area contributed by atoms with E-state index in [9.17, 15) is 0 Å². The van der Waals surface area contributed by atoms with Crippen molar-refractivity contribution in [2.75, 3.05) is 0 Å². The van der Waals surface area contributed by atoms with Crippen molar-refractivity contribution in [3.63, 3.8) is 0 Å². The van der Waals surface area contributed by atoms with E-state index in [1.807, 2.05) is 0 Å². The molecule has 0 bridgehead atoms. The maximum atomic E-state index is 4.13. The van der Waals surface area contributed by atoms with Crippen LogP contribution in [0.3, 0.4) is 0 Å². The second kappa shape index (κ2) is 4.69. The van der Waals surface area contributed by atoms with Crippen molar-refractivity contribution < 1.29 is 0 Å². The molecule has 0 spiro atoms. The van der Waals surface area contributed by atoms with Crippen molar-refractivity contribution in [3.05, 3.63) is 66.2 Å². The molecule has 0 saturated heterocycles. The molecule has 0 N–H and O–H groups in total. The van der Waals surface area contributed by atoms with Gasteiger partial charge in [-0.2, -0.15) is 5.10 Å². The van der Waals surface area contributed by atoms with Gasteiger partial charge in [0.25, 0.3) is 0 Å². The molecule has 19 heavy (non-hydrogen) atoms. The fourth-order valence-corrected chi connectivity index (χ4v) is 2.39. The lowest BCUT2D eigenvalue weighted by Gasteiger charge is -2.10. The van der Waals surface area contributed by atoms with Gasteiger partial charge >= 0.3 is 0 Å². The van der Waals surface area contributed by atoms with Crippen LogP contribution in [0.25, 0.3) is 16.8 Å². The van der Waals surface area contributed by atoms with Crippen molar-refractivity contribution in [1.82, 2.24) is 14.8 Å². The second-order valence-corrected chi connectivity index (χ2v) is 4.65. The van der Waals surface area contributed by atoms with Crippen LogP contribution < -0.4 is 0 Å². The molecule has 0 aliphatic heterocycles. The van der Waals surface area contributed by atoms with Crippen molar-refractivity contribution >= 4 is 0 Å². The van der Waals surface area contributed by atoms with E-state index in [1.165, 1.54) is 22.3 Å². The summed E-state index contributed by atoms with van der Waals surface area (Å²) in [7, 11) is 0. The predicted octanol–water partition coefficient (Wildman–Crippen LogP) is 3.55.